The minimum Gasteiger partial charge on any atom is -0.332 e. The molecule has 0 saturated carbocycles. The van der Waals surface area contributed by atoms with Crippen molar-refractivity contribution in [3.8, 4) is 0 Å². The SMILES string of the molecule is CC1CN(C)CCN1C(=O)c1cn(C2CCNCC2)nn1.Cl.Cl. The van der Waals surface area contributed by atoms with E-state index in [2.05, 4.69) is 34.5 Å². The van der Waals surface area contributed by atoms with Crippen LogP contribution < -0.4 is 5.32 Å². The van der Waals surface area contributed by atoms with Crippen molar-refractivity contribution in [2.45, 2.75) is 31.8 Å². The Morgan fingerprint density at radius 2 is 1.96 bits per heavy atom. The smallest absolute Gasteiger partial charge is 0.276 e. The van der Waals surface area contributed by atoms with Crippen LogP contribution in [0.25, 0.3) is 0 Å². The standard InChI is InChI=1S/C14H24N6O.2ClH/c1-11-9-18(2)7-8-19(11)14(21)13-10-20(17-16-13)12-3-5-15-6-4-12;;/h10-12,15H,3-9H2,1-2H3;2*1H. The van der Waals surface area contributed by atoms with E-state index in [1.165, 1.54) is 0 Å². The van der Waals surface area contributed by atoms with Crippen molar-refractivity contribution in [2.75, 3.05) is 39.8 Å². The van der Waals surface area contributed by atoms with E-state index in [9.17, 15) is 4.79 Å². The summed E-state index contributed by atoms with van der Waals surface area (Å²) in [5.74, 6) is 0.00999. The molecule has 3 heterocycles. The number of carbonyl (C=O) groups excluding carboxylic acids is 1. The second-order valence-corrected chi connectivity index (χ2v) is 6.17. The zero-order valence-electron chi connectivity index (χ0n) is 13.6. The van der Waals surface area contributed by atoms with Gasteiger partial charge in [0.05, 0.1) is 12.2 Å². The fourth-order valence-electron chi connectivity index (χ4n) is 3.21. The van der Waals surface area contributed by atoms with Gasteiger partial charge in [-0.2, -0.15) is 0 Å². The largest absolute Gasteiger partial charge is 0.332 e. The van der Waals surface area contributed by atoms with Gasteiger partial charge in [0.15, 0.2) is 5.69 Å². The third kappa shape index (κ3) is 4.56. The number of amides is 1. The quantitative estimate of drug-likeness (QED) is 0.841. The van der Waals surface area contributed by atoms with Gasteiger partial charge >= 0.3 is 0 Å². The maximum atomic E-state index is 12.6. The number of piperidine rings is 1. The van der Waals surface area contributed by atoms with Gasteiger partial charge in [0.2, 0.25) is 0 Å². The Labute approximate surface area is 149 Å². The molecule has 0 bridgehead atoms. The minimum atomic E-state index is 0. The first-order valence-corrected chi connectivity index (χ1v) is 7.77. The predicted octanol–water partition coefficient (Wildman–Crippen LogP) is 0.822. The molecule has 2 fully saturated rings. The monoisotopic (exact) mass is 364 g/mol. The number of hydrogen-bond acceptors (Lipinski definition) is 5. The minimum absolute atomic E-state index is 0. The van der Waals surface area contributed by atoms with Crippen LogP contribution in [0.3, 0.4) is 0 Å². The molecule has 0 aromatic carbocycles. The number of hydrogen-bond donors (Lipinski definition) is 1. The molecule has 23 heavy (non-hydrogen) atoms. The van der Waals surface area contributed by atoms with E-state index in [0.717, 1.165) is 45.6 Å². The van der Waals surface area contributed by atoms with Gasteiger partial charge in [-0.25, -0.2) is 4.68 Å². The lowest BCUT2D eigenvalue weighted by atomic mass is 10.1. The summed E-state index contributed by atoms with van der Waals surface area (Å²) in [5.41, 5.74) is 0.477. The highest BCUT2D eigenvalue weighted by atomic mass is 35.5. The first-order chi connectivity index (χ1) is 10.1. The molecule has 1 atom stereocenters. The van der Waals surface area contributed by atoms with Gasteiger partial charge in [0, 0.05) is 25.7 Å². The molecule has 0 radical (unpaired) electrons. The van der Waals surface area contributed by atoms with Crippen molar-refractivity contribution in [1.82, 2.24) is 30.1 Å². The Kier molecular flexibility index (Phi) is 7.73. The number of carbonyl (C=O) groups is 1. The van der Waals surface area contributed by atoms with Crippen LogP contribution in [-0.2, 0) is 0 Å². The lowest BCUT2D eigenvalue weighted by Crippen LogP contribution is -2.52. The normalized spacial score (nSPS) is 23.0. The Hall–Kier alpha value is -0.890. The number of aromatic nitrogens is 3. The van der Waals surface area contributed by atoms with Crippen LogP contribution in [0.4, 0.5) is 0 Å². The number of piperazine rings is 1. The summed E-state index contributed by atoms with van der Waals surface area (Å²) in [6.07, 6.45) is 3.91. The van der Waals surface area contributed by atoms with E-state index in [1.807, 2.05) is 15.8 Å². The van der Waals surface area contributed by atoms with Crippen molar-refractivity contribution < 1.29 is 4.79 Å². The molecule has 7 nitrogen and oxygen atoms in total. The first kappa shape index (κ1) is 20.2. The topological polar surface area (TPSA) is 66.3 Å². The van der Waals surface area contributed by atoms with Crippen LogP contribution in [0.1, 0.15) is 36.3 Å². The zero-order valence-corrected chi connectivity index (χ0v) is 15.3. The van der Waals surface area contributed by atoms with Crippen LogP contribution in [0.5, 0.6) is 0 Å². The third-order valence-corrected chi connectivity index (χ3v) is 4.50. The van der Waals surface area contributed by atoms with Gasteiger partial charge in [-0.05, 0) is 39.9 Å². The van der Waals surface area contributed by atoms with Crippen molar-refractivity contribution in [1.29, 1.82) is 0 Å². The Balaban J connectivity index is 0.00000132. The average Bonchev–Trinajstić information content (AvgIpc) is 2.97. The Morgan fingerprint density at radius 3 is 2.61 bits per heavy atom. The summed E-state index contributed by atoms with van der Waals surface area (Å²) < 4.78 is 1.87. The van der Waals surface area contributed by atoms with Crippen molar-refractivity contribution >= 4 is 30.7 Å². The number of likely N-dealkylation sites (N-methyl/N-ethyl adjacent to an activating group) is 1. The molecule has 1 aromatic heterocycles. The van der Waals surface area contributed by atoms with Crippen LogP contribution in [0.2, 0.25) is 0 Å². The zero-order chi connectivity index (χ0) is 14.8. The Morgan fingerprint density at radius 1 is 1.26 bits per heavy atom. The summed E-state index contributed by atoms with van der Waals surface area (Å²) in [5, 5.41) is 11.6. The molecule has 1 amide bonds. The molecular weight excluding hydrogens is 339 g/mol. The maximum Gasteiger partial charge on any atom is 0.276 e. The van der Waals surface area contributed by atoms with Gasteiger partial charge in [0.1, 0.15) is 0 Å². The van der Waals surface area contributed by atoms with Crippen molar-refractivity contribution in [3.05, 3.63) is 11.9 Å². The molecule has 1 aromatic rings. The van der Waals surface area contributed by atoms with Crippen LogP contribution in [0.15, 0.2) is 6.20 Å². The summed E-state index contributed by atoms with van der Waals surface area (Å²) >= 11 is 0. The van der Waals surface area contributed by atoms with Gasteiger partial charge in [-0.3, -0.25) is 4.79 Å². The number of nitrogens with zero attached hydrogens (tertiary/aromatic N) is 5. The molecular formula is C14H26Cl2N6O. The van der Waals surface area contributed by atoms with E-state index in [4.69, 9.17) is 0 Å². The van der Waals surface area contributed by atoms with Gasteiger partial charge in [-0.15, -0.1) is 29.9 Å². The second kappa shape index (κ2) is 8.82. The average molecular weight is 365 g/mol. The summed E-state index contributed by atoms with van der Waals surface area (Å²) in [6.45, 7) is 6.68. The maximum absolute atomic E-state index is 12.6. The van der Waals surface area contributed by atoms with Gasteiger partial charge in [-0.1, -0.05) is 5.21 Å². The fraction of sp³-hybridized carbons (Fsp3) is 0.786. The first-order valence-electron chi connectivity index (χ1n) is 7.77. The number of rotatable bonds is 2. The Bertz CT molecular complexity index is 505. The third-order valence-electron chi connectivity index (χ3n) is 4.50. The molecule has 9 heteroatoms. The summed E-state index contributed by atoms with van der Waals surface area (Å²) in [4.78, 5) is 16.8. The predicted molar refractivity (Wildman–Crippen MR) is 93.7 cm³/mol. The fourth-order valence-corrected chi connectivity index (χ4v) is 3.21. The highest BCUT2D eigenvalue weighted by Crippen LogP contribution is 2.18. The van der Waals surface area contributed by atoms with Crippen molar-refractivity contribution in [3.63, 3.8) is 0 Å². The number of nitrogens with one attached hydrogen (secondary N) is 1. The molecule has 132 valence electrons. The highest BCUT2D eigenvalue weighted by molar-refractivity contribution is 5.92. The van der Waals surface area contributed by atoms with E-state index in [-0.39, 0.29) is 36.8 Å². The molecule has 3 rings (SSSR count). The van der Waals surface area contributed by atoms with E-state index in [0.29, 0.717) is 11.7 Å². The molecule has 2 saturated heterocycles. The van der Waals surface area contributed by atoms with E-state index in [1.54, 1.807) is 0 Å². The van der Waals surface area contributed by atoms with Crippen molar-refractivity contribution in [2.24, 2.45) is 0 Å². The molecule has 1 N–H and O–H groups in total. The molecule has 0 aliphatic carbocycles. The summed E-state index contributed by atoms with van der Waals surface area (Å²) in [7, 11) is 2.09. The molecule has 2 aliphatic heterocycles. The van der Waals surface area contributed by atoms with Crippen LogP contribution in [-0.4, -0.2) is 76.5 Å². The lowest BCUT2D eigenvalue weighted by molar-refractivity contribution is 0.0527. The highest BCUT2D eigenvalue weighted by Gasteiger charge is 2.28. The lowest BCUT2D eigenvalue weighted by Gasteiger charge is -2.37. The molecule has 1 unspecified atom stereocenters. The van der Waals surface area contributed by atoms with Gasteiger partial charge < -0.3 is 15.1 Å². The molecule has 0 spiro atoms. The van der Waals surface area contributed by atoms with Gasteiger partial charge in [0.25, 0.3) is 5.91 Å². The van der Waals surface area contributed by atoms with Crippen LogP contribution >= 0.6 is 24.8 Å². The van der Waals surface area contributed by atoms with E-state index >= 15 is 0 Å². The number of halogens is 2. The summed E-state index contributed by atoms with van der Waals surface area (Å²) in [6, 6.07) is 0.588. The van der Waals surface area contributed by atoms with Crippen LogP contribution in [0, 0.1) is 0 Å². The second-order valence-electron chi connectivity index (χ2n) is 6.17. The van der Waals surface area contributed by atoms with E-state index < -0.39 is 0 Å². The molecule has 2 aliphatic rings.